The molecule has 0 fully saturated rings. The number of rotatable bonds is 5. The molecule has 1 aromatic rings. The van der Waals surface area contributed by atoms with Gasteiger partial charge in [-0.3, -0.25) is 9.78 Å². The van der Waals surface area contributed by atoms with E-state index in [4.69, 9.17) is 5.11 Å². The number of hydrogen-bond acceptors (Lipinski definition) is 5. The van der Waals surface area contributed by atoms with E-state index in [-0.39, 0.29) is 6.61 Å². The first-order valence-corrected chi connectivity index (χ1v) is 5.49. The van der Waals surface area contributed by atoms with Crippen LogP contribution >= 0.6 is 0 Å². The Kier molecular flexibility index (Phi) is 4.94. The highest BCUT2D eigenvalue weighted by atomic mass is 16.3. The van der Waals surface area contributed by atoms with Crippen molar-refractivity contribution in [3.05, 3.63) is 30.1 Å². The van der Waals surface area contributed by atoms with Crippen molar-refractivity contribution >= 4 is 12.1 Å². The number of hydrogen-bond donors (Lipinski definition) is 3. The second-order valence-electron chi connectivity index (χ2n) is 4.57. The molecular weight excluding hydrogens is 234 g/mol. The maximum Gasteiger partial charge on any atom is 0.269 e. The summed E-state index contributed by atoms with van der Waals surface area (Å²) in [5.74, 6) is -0.658. The lowest BCUT2D eigenvalue weighted by atomic mass is 9.87. The average Bonchev–Trinajstić information content (AvgIpc) is 2.39. The van der Waals surface area contributed by atoms with Crippen molar-refractivity contribution in [2.75, 3.05) is 6.61 Å². The van der Waals surface area contributed by atoms with Crippen LogP contribution in [0.4, 0.5) is 0 Å². The Balaban J connectivity index is 2.54. The lowest BCUT2D eigenvalue weighted by molar-refractivity contribution is -0.137. The van der Waals surface area contributed by atoms with E-state index < -0.39 is 17.4 Å². The van der Waals surface area contributed by atoms with Crippen LogP contribution in [0.25, 0.3) is 0 Å². The van der Waals surface area contributed by atoms with Gasteiger partial charge in [-0.2, -0.15) is 5.10 Å². The summed E-state index contributed by atoms with van der Waals surface area (Å²) in [7, 11) is 0. The molecule has 1 heterocycles. The van der Waals surface area contributed by atoms with Crippen molar-refractivity contribution in [3.8, 4) is 0 Å². The standard InChI is InChI=1S/C12H17N3O3/c1-12(2,8-16)10(17)11(18)15-14-7-9-4-3-5-13-6-9/h3-7,10,16-17H,8H2,1-2H3,(H,15,18)/b14-7+. The second kappa shape index (κ2) is 6.23. The Hall–Kier alpha value is -1.79. The van der Waals surface area contributed by atoms with Crippen LogP contribution in [0.5, 0.6) is 0 Å². The fourth-order valence-electron chi connectivity index (χ4n) is 1.13. The Labute approximate surface area is 105 Å². The number of carbonyl (C=O) groups is 1. The van der Waals surface area contributed by atoms with Crippen LogP contribution in [0.3, 0.4) is 0 Å². The van der Waals surface area contributed by atoms with E-state index in [2.05, 4.69) is 15.5 Å². The zero-order valence-corrected chi connectivity index (χ0v) is 10.4. The van der Waals surface area contributed by atoms with E-state index in [1.807, 2.05) is 0 Å². The number of nitrogens with one attached hydrogen (secondary N) is 1. The van der Waals surface area contributed by atoms with E-state index >= 15 is 0 Å². The van der Waals surface area contributed by atoms with Gasteiger partial charge < -0.3 is 10.2 Å². The normalized spacial score (nSPS) is 13.6. The van der Waals surface area contributed by atoms with Gasteiger partial charge in [0.2, 0.25) is 0 Å². The smallest absolute Gasteiger partial charge is 0.269 e. The number of aromatic nitrogens is 1. The lowest BCUT2D eigenvalue weighted by Gasteiger charge is -2.26. The number of nitrogens with zero attached hydrogens (tertiary/aromatic N) is 2. The topological polar surface area (TPSA) is 94.8 Å². The molecule has 98 valence electrons. The van der Waals surface area contributed by atoms with Crippen LogP contribution in [0.15, 0.2) is 29.6 Å². The third-order valence-electron chi connectivity index (χ3n) is 2.47. The van der Waals surface area contributed by atoms with Gasteiger partial charge in [0.25, 0.3) is 5.91 Å². The number of pyridine rings is 1. The highest BCUT2D eigenvalue weighted by molar-refractivity contribution is 5.84. The van der Waals surface area contributed by atoms with E-state index in [0.717, 1.165) is 5.56 Å². The molecule has 0 saturated heterocycles. The van der Waals surface area contributed by atoms with Gasteiger partial charge in [0, 0.05) is 23.4 Å². The van der Waals surface area contributed by atoms with Crippen LogP contribution in [0, 0.1) is 5.41 Å². The lowest BCUT2D eigenvalue weighted by Crippen LogP contribution is -2.44. The molecule has 0 aromatic carbocycles. The van der Waals surface area contributed by atoms with Gasteiger partial charge in [-0.05, 0) is 6.07 Å². The van der Waals surface area contributed by atoms with Gasteiger partial charge in [0.1, 0.15) is 6.10 Å². The van der Waals surface area contributed by atoms with Crippen molar-refractivity contribution in [1.82, 2.24) is 10.4 Å². The molecule has 0 aliphatic heterocycles. The third-order valence-corrected chi connectivity index (χ3v) is 2.47. The SMILES string of the molecule is CC(C)(CO)C(O)C(=O)N/N=C/c1cccnc1. The molecule has 1 atom stereocenters. The highest BCUT2D eigenvalue weighted by Gasteiger charge is 2.32. The van der Waals surface area contributed by atoms with Gasteiger partial charge in [0.05, 0.1) is 12.8 Å². The van der Waals surface area contributed by atoms with E-state index in [0.29, 0.717) is 0 Å². The van der Waals surface area contributed by atoms with Crippen LogP contribution in [0.1, 0.15) is 19.4 Å². The fourth-order valence-corrected chi connectivity index (χ4v) is 1.13. The number of aliphatic hydroxyl groups is 2. The molecule has 1 rings (SSSR count). The second-order valence-corrected chi connectivity index (χ2v) is 4.57. The molecule has 0 aliphatic rings. The van der Waals surface area contributed by atoms with Gasteiger partial charge in [0.15, 0.2) is 0 Å². The first-order chi connectivity index (χ1) is 8.47. The molecule has 1 unspecified atom stereocenters. The number of aliphatic hydroxyl groups excluding tert-OH is 2. The summed E-state index contributed by atoms with van der Waals surface area (Å²) in [4.78, 5) is 15.4. The van der Waals surface area contributed by atoms with Gasteiger partial charge >= 0.3 is 0 Å². The summed E-state index contributed by atoms with van der Waals surface area (Å²) >= 11 is 0. The third kappa shape index (κ3) is 3.90. The molecular formula is C12H17N3O3. The molecule has 1 aromatic heterocycles. The molecule has 0 aliphatic carbocycles. The average molecular weight is 251 g/mol. The van der Waals surface area contributed by atoms with Gasteiger partial charge in [-0.15, -0.1) is 0 Å². The Morgan fingerprint density at radius 2 is 2.39 bits per heavy atom. The first kappa shape index (κ1) is 14.3. The molecule has 6 nitrogen and oxygen atoms in total. The highest BCUT2D eigenvalue weighted by Crippen LogP contribution is 2.19. The number of amides is 1. The van der Waals surface area contributed by atoms with Crippen molar-refractivity contribution in [2.45, 2.75) is 20.0 Å². The van der Waals surface area contributed by atoms with Crippen LogP contribution in [0.2, 0.25) is 0 Å². The van der Waals surface area contributed by atoms with Crippen LogP contribution < -0.4 is 5.43 Å². The summed E-state index contributed by atoms with van der Waals surface area (Å²) in [6, 6.07) is 3.52. The van der Waals surface area contributed by atoms with Crippen molar-refractivity contribution in [1.29, 1.82) is 0 Å². The first-order valence-electron chi connectivity index (χ1n) is 5.49. The maximum atomic E-state index is 11.5. The minimum atomic E-state index is -1.33. The minimum Gasteiger partial charge on any atom is -0.396 e. The number of carbonyl (C=O) groups excluding carboxylic acids is 1. The summed E-state index contributed by atoms with van der Waals surface area (Å²) in [6.45, 7) is 2.87. The quantitative estimate of drug-likeness (QED) is 0.503. The van der Waals surface area contributed by atoms with E-state index in [1.54, 1.807) is 38.4 Å². The molecule has 1 amide bonds. The zero-order chi connectivity index (χ0) is 13.6. The molecule has 3 N–H and O–H groups in total. The molecule has 0 radical (unpaired) electrons. The Bertz CT molecular complexity index is 418. The molecule has 18 heavy (non-hydrogen) atoms. The monoisotopic (exact) mass is 251 g/mol. The van der Waals surface area contributed by atoms with E-state index in [9.17, 15) is 9.90 Å². The minimum absolute atomic E-state index is 0.298. The molecule has 0 saturated carbocycles. The van der Waals surface area contributed by atoms with Crippen molar-refractivity contribution in [2.24, 2.45) is 10.5 Å². The van der Waals surface area contributed by atoms with Crippen molar-refractivity contribution < 1.29 is 15.0 Å². The van der Waals surface area contributed by atoms with Crippen LogP contribution in [-0.4, -0.2) is 40.0 Å². The molecule has 6 heteroatoms. The summed E-state index contributed by atoms with van der Waals surface area (Å²) in [6.07, 6.45) is 3.31. The maximum absolute atomic E-state index is 11.5. The Morgan fingerprint density at radius 1 is 1.67 bits per heavy atom. The van der Waals surface area contributed by atoms with Gasteiger partial charge in [-0.1, -0.05) is 19.9 Å². The van der Waals surface area contributed by atoms with E-state index in [1.165, 1.54) is 6.21 Å². The largest absolute Gasteiger partial charge is 0.396 e. The summed E-state index contributed by atoms with van der Waals surface area (Å²) in [5.41, 5.74) is 2.03. The molecule has 0 bridgehead atoms. The predicted octanol–water partition coefficient (Wildman–Crippen LogP) is -0.0889. The fraction of sp³-hybridized carbons (Fsp3) is 0.417. The molecule has 0 spiro atoms. The Morgan fingerprint density at radius 3 is 2.94 bits per heavy atom. The number of hydrazone groups is 1. The summed E-state index contributed by atoms with van der Waals surface area (Å²) < 4.78 is 0. The van der Waals surface area contributed by atoms with Crippen LogP contribution in [-0.2, 0) is 4.79 Å². The predicted molar refractivity (Wildman–Crippen MR) is 66.8 cm³/mol. The van der Waals surface area contributed by atoms with Gasteiger partial charge in [-0.25, -0.2) is 5.43 Å². The summed E-state index contributed by atoms with van der Waals surface area (Å²) in [5, 5.41) is 22.4. The van der Waals surface area contributed by atoms with Crippen molar-refractivity contribution in [3.63, 3.8) is 0 Å². The zero-order valence-electron chi connectivity index (χ0n) is 10.4.